The second-order valence-electron chi connectivity index (χ2n) is 6.31. The van der Waals surface area contributed by atoms with Crippen LogP contribution in [-0.4, -0.2) is 29.9 Å². The lowest BCUT2D eigenvalue weighted by Crippen LogP contribution is -2.35. The fourth-order valence-corrected chi connectivity index (χ4v) is 2.52. The van der Waals surface area contributed by atoms with E-state index in [1.165, 1.54) is 31.4 Å². The van der Waals surface area contributed by atoms with E-state index in [4.69, 9.17) is 4.74 Å². The number of para-hydroxylation sites is 1. The Labute approximate surface area is 161 Å². The number of amides is 2. The Morgan fingerprint density at radius 1 is 1.14 bits per heavy atom. The van der Waals surface area contributed by atoms with Gasteiger partial charge in [0.2, 0.25) is 0 Å². The number of hydrogen-bond donors (Lipinski definition) is 2. The van der Waals surface area contributed by atoms with E-state index >= 15 is 0 Å². The molecule has 2 aromatic carbocycles. The van der Waals surface area contributed by atoms with Gasteiger partial charge in [-0.05, 0) is 37.1 Å². The summed E-state index contributed by atoms with van der Waals surface area (Å²) in [5.41, 5.74) is 0.790. The van der Waals surface area contributed by atoms with Gasteiger partial charge in [-0.1, -0.05) is 18.2 Å². The van der Waals surface area contributed by atoms with E-state index in [9.17, 15) is 19.7 Å². The molecule has 0 atom stereocenters. The third-order valence-electron chi connectivity index (χ3n) is 4.18. The molecule has 28 heavy (non-hydrogen) atoms. The SMILES string of the molecule is COc1ccccc1C=C(NC(=O)c1ccc([N+](=O)[O-])cc1)C(=O)NC1CC1. The molecule has 8 nitrogen and oxygen atoms in total. The minimum atomic E-state index is -0.544. The number of hydrogen-bond acceptors (Lipinski definition) is 5. The average molecular weight is 381 g/mol. The number of nitro groups is 1. The minimum absolute atomic E-state index is 0.0692. The lowest BCUT2D eigenvalue weighted by molar-refractivity contribution is -0.384. The normalized spacial score (nSPS) is 13.5. The summed E-state index contributed by atoms with van der Waals surface area (Å²) in [5.74, 6) is -0.380. The molecular weight excluding hydrogens is 362 g/mol. The molecule has 2 N–H and O–H groups in total. The molecule has 1 fully saturated rings. The number of non-ortho nitro benzene ring substituents is 1. The van der Waals surface area contributed by atoms with Crippen molar-refractivity contribution in [2.45, 2.75) is 18.9 Å². The Morgan fingerprint density at radius 3 is 2.43 bits per heavy atom. The van der Waals surface area contributed by atoms with Gasteiger partial charge in [-0.15, -0.1) is 0 Å². The van der Waals surface area contributed by atoms with Gasteiger partial charge < -0.3 is 15.4 Å². The molecule has 1 aliphatic rings. The van der Waals surface area contributed by atoms with Gasteiger partial charge in [-0.25, -0.2) is 0 Å². The monoisotopic (exact) mass is 381 g/mol. The van der Waals surface area contributed by atoms with E-state index in [1.54, 1.807) is 30.3 Å². The summed E-state index contributed by atoms with van der Waals surface area (Å²) >= 11 is 0. The summed E-state index contributed by atoms with van der Waals surface area (Å²) < 4.78 is 5.29. The van der Waals surface area contributed by atoms with Gasteiger partial charge in [0, 0.05) is 29.3 Å². The number of rotatable bonds is 7. The molecule has 144 valence electrons. The molecule has 0 spiro atoms. The molecule has 1 aliphatic carbocycles. The quantitative estimate of drug-likeness (QED) is 0.435. The molecular formula is C20H19N3O5. The molecule has 0 radical (unpaired) electrons. The molecule has 0 bridgehead atoms. The van der Waals surface area contributed by atoms with Crippen LogP contribution in [0.2, 0.25) is 0 Å². The number of nitrogens with one attached hydrogen (secondary N) is 2. The van der Waals surface area contributed by atoms with Crippen LogP contribution < -0.4 is 15.4 Å². The van der Waals surface area contributed by atoms with Gasteiger partial charge >= 0.3 is 0 Å². The number of nitro benzene ring substituents is 1. The van der Waals surface area contributed by atoms with Crippen LogP contribution in [0.15, 0.2) is 54.2 Å². The predicted molar refractivity (Wildman–Crippen MR) is 103 cm³/mol. The third kappa shape index (κ3) is 4.73. The topological polar surface area (TPSA) is 111 Å². The van der Waals surface area contributed by atoms with E-state index in [2.05, 4.69) is 10.6 Å². The van der Waals surface area contributed by atoms with Crippen molar-refractivity contribution in [3.63, 3.8) is 0 Å². The van der Waals surface area contributed by atoms with Crippen molar-refractivity contribution in [1.82, 2.24) is 10.6 Å². The van der Waals surface area contributed by atoms with Gasteiger partial charge in [-0.3, -0.25) is 19.7 Å². The Bertz CT molecular complexity index is 933. The largest absolute Gasteiger partial charge is 0.496 e. The Morgan fingerprint density at radius 2 is 1.82 bits per heavy atom. The maximum absolute atomic E-state index is 12.6. The van der Waals surface area contributed by atoms with E-state index in [-0.39, 0.29) is 23.0 Å². The zero-order chi connectivity index (χ0) is 20.1. The van der Waals surface area contributed by atoms with E-state index in [0.717, 1.165) is 12.8 Å². The van der Waals surface area contributed by atoms with Crippen LogP contribution in [0.4, 0.5) is 5.69 Å². The maximum Gasteiger partial charge on any atom is 0.269 e. The molecule has 0 aromatic heterocycles. The summed E-state index contributed by atoms with van der Waals surface area (Å²) in [6, 6.07) is 12.4. The summed E-state index contributed by atoms with van der Waals surface area (Å²) in [5, 5.41) is 16.2. The Hall–Kier alpha value is -3.68. The highest BCUT2D eigenvalue weighted by molar-refractivity contribution is 6.05. The smallest absolute Gasteiger partial charge is 0.269 e. The molecule has 0 aliphatic heterocycles. The number of carbonyl (C=O) groups excluding carboxylic acids is 2. The van der Waals surface area contributed by atoms with E-state index in [1.807, 2.05) is 0 Å². The highest BCUT2D eigenvalue weighted by atomic mass is 16.6. The zero-order valence-electron chi connectivity index (χ0n) is 15.2. The molecule has 3 rings (SSSR count). The first-order valence-electron chi connectivity index (χ1n) is 8.69. The summed E-state index contributed by atoms with van der Waals surface area (Å²) in [6.45, 7) is 0. The standard InChI is InChI=1S/C20H19N3O5/c1-28-18-5-3-2-4-14(18)12-17(20(25)21-15-8-9-15)22-19(24)13-6-10-16(11-7-13)23(26)27/h2-7,10-12,15H,8-9H2,1H3,(H,21,25)(H,22,24). The van der Waals surface area contributed by atoms with Crippen molar-refractivity contribution in [3.8, 4) is 5.75 Å². The second-order valence-corrected chi connectivity index (χ2v) is 6.31. The first-order chi connectivity index (χ1) is 13.5. The first kappa shape index (κ1) is 19.1. The van der Waals surface area contributed by atoms with Gasteiger partial charge in [0.25, 0.3) is 17.5 Å². The minimum Gasteiger partial charge on any atom is -0.496 e. The van der Waals surface area contributed by atoms with E-state index < -0.39 is 16.7 Å². The van der Waals surface area contributed by atoms with Crippen molar-refractivity contribution < 1.29 is 19.2 Å². The molecule has 0 saturated heterocycles. The van der Waals surface area contributed by atoms with Gasteiger partial charge in [0.15, 0.2) is 0 Å². The van der Waals surface area contributed by atoms with Crippen LogP contribution in [0.5, 0.6) is 5.75 Å². The summed E-state index contributed by atoms with van der Waals surface area (Å²) in [4.78, 5) is 35.3. The van der Waals surface area contributed by atoms with Crippen LogP contribution in [0.3, 0.4) is 0 Å². The second kappa shape index (κ2) is 8.34. The van der Waals surface area contributed by atoms with Crippen LogP contribution in [0, 0.1) is 10.1 Å². The summed E-state index contributed by atoms with van der Waals surface area (Å²) in [6.07, 6.45) is 3.35. The summed E-state index contributed by atoms with van der Waals surface area (Å²) in [7, 11) is 1.52. The molecule has 0 heterocycles. The lowest BCUT2D eigenvalue weighted by atomic mass is 10.1. The van der Waals surface area contributed by atoms with Gasteiger partial charge in [0.05, 0.1) is 12.0 Å². The zero-order valence-corrected chi connectivity index (χ0v) is 15.2. The third-order valence-corrected chi connectivity index (χ3v) is 4.18. The van der Waals surface area contributed by atoms with Crippen LogP contribution in [0.1, 0.15) is 28.8 Å². The number of benzene rings is 2. The van der Waals surface area contributed by atoms with Crippen molar-refractivity contribution in [2.75, 3.05) is 7.11 Å². The Balaban J connectivity index is 1.85. The number of nitrogens with zero attached hydrogens (tertiary/aromatic N) is 1. The van der Waals surface area contributed by atoms with Gasteiger partial charge in [0.1, 0.15) is 11.4 Å². The lowest BCUT2D eigenvalue weighted by Gasteiger charge is -2.12. The highest BCUT2D eigenvalue weighted by Crippen LogP contribution is 2.22. The van der Waals surface area contributed by atoms with Gasteiger partial charge in [-0.2, -0.15) is 0 Å². The number of ether oxygens (including phenoxy) is 1. The van der Waals surface area contributed by atoms with Crippen LogP contribution >= 0.6 is 0 Å². The molecule has 8 heteroatoms. The molecule has 2 aromatic rings. The maximum atomic E-state index is 12.6. The molecule has 1 saturated carbocycles. The van der Waals surface area contributed by atoms with Crippen LogP contribution in [-0.2, 0) is 4.79 Å². The van der Waals surface area contributed by atoms with Crippen molar-refractivity contribution in [1.29, 1.82) is 0 Å². The fourth-order valence-electron chi connectivity index (χ4n) is 2.52. The van der Waals surface area contributed by atoms with Crippen molar-refractivity contribution >= 4 is 23.6 Å². The molecule has 2 amide bonds. The van der Waals surface area contributed by atoms with Crippen molar-refractivity contribution in [2.24, 2.45) is 0 Å². The fraction of sp³-hybridized carbons (Fsp3) is 0.200. The predicted octanol–water partition coefficient (Wildman–Crippen LogP) is 2.65. The Kier molecular flexibility index (Phi) is 5.69. The van der Waals surface area contributed by atoms with Crippen LogP contribution in [0.25, 0.3) is 6.08 Å². The number of methoxy groups -OCH3 is 1. The molecule has 0 unspecified atom stereocenters. The number of carbonyl (C=O) groups is 2. The average Bonchev–Trinajstić information content (AvgIpc) is 3.51. The van der Waals surface area contributed by atoms with Crippen molar-refractivity contribution in [3.05, 3.63) is 75.5 Å². The first-order valence-corrected chi connectivity index (χ1v) is 8.69. The van der Waals surface area contributed by atoms with E-state index in [0.29, 0.717) is 11.3 Å². The highest BCUT2D eigenvalue weighted by Gasteiger charge is 2.26.